The fraction of sp³-hybridized carbons (Fsp3) is 0.364. The van der Waals surface area contributed by atoms with Crippen LogP contribution in [0.5, 0.6) is 0 Å². The van der Waals surface area contributed by atoms with Gasteiger partial charge >= 0.3 is 0 Å². The zero-order valence-electron chi connectivity index (χ0n) is 8.88. The normalized spacial score (nSPS) is 11.1. The van der Waals surface area contributed by atoms with E-state index >= 15 is 0 Å². The largest absolute Gasteiger partial charge is 0.342 e. The van der Waals surface area contributed by atoms with E-state index in [0.29, 0.717) is 6.54 Å². The summed E-state index contributed by atoms with van der Waals surface area (Å²) in [4.78, 5) is 7.58. The lowest BCUT2D eigenvalue weighted by atomic mass is 10.2. The SMILES string of the molecule is Cc1nc2ccc(CNCCN)cc2[nH]1. The number of aromatic amines is 1. The van der Waals surface area contributed by atoms with Gasteiger partial charge in [0.2, 0.25) is 0 Å². The lowest BCUT2D eigenvalue weighted by Crippen LogP contribution is -2.21. The number of hydrogen-bond acceptors (Lipinski definition) is 3. The molecule has 0 aliphatic heterocycles. The zero-order chi connectivity index (χ0) is 10.7. The topological polar surface area (TPSA) is 66.7 Å². The van der Waals surface area contributed by atoms with Crippen molar-refractivity contribution in [1.82, 2.24) is 15.3 Å². The van der Waals surface area contributed by atoms with E-state index in [1.54, 1.807) is 0 Å². The number of aromatic nitrogens is 2. The first-order valence-corrected chi connectivity index (χ1v) is 5.15. The van der Waals surface area contributed by atoms with Crippen LogP contribution in [0, 0.1) is 6.92 Å². The molecule has 0 unspecified atom stereocenters. The van der Waals surface area contributed by atoms with Gasteiger partial charge in [0, 0.05) is 19.6 Å². The van der Waals surface area contributed by atoms with E-state index in [-0.39, 0.29) is 0 Å². The summed E-state index contributed by atoms with van der Waals surface area (Å²) >= 11 is 0. The molecule has 0 atom stereocenters. The summed E-state index contributed by atoms with van der Waals surface area (Å²) in [5.41, 5.74) is 8.78. The number of nitrogens with zero attached hydrogens (tertiary/aromatic N) is 1. The van der Waals surface area contributed by atoms with Crippen molar-refractivity contribution in [3.63, 3.8) is 0 Å². The average molecular weight is 204 g/mol. The molecule has 2 rings (SSSR count). The van der Waals surface area contributed by atoms with Crippen LogP contribution in [0.15, 0.2) is 18.2 Å². The highest BCUT2D eigenvalue weighted by Crippen LogP contribution is 2.13. The third kappa shape index (κ3) is 2.34. The summed E-state index contributed by atoms with van der Waals surface area (Å²) in [6, 6.07) is 6.25. The molecule has 4 nitrogen and oxygen atoms in total. The van der Waals surface area contributed by atoms with Crippen LogP contribution in [0.4, 0.5) is 0 Å². The number of hydrogen-bond donors (Lipinski definition) is 3. The molecule has 0 saturated heterocycles. The molecule has 0 saturated carbocycles. The van der Waals surface area contributed by atoms with Crippen LogP contribution < -0.4 is 11.1 Å². The number of rotatable bonds is 4. The maximum Gasteiger partial charge on any atom is 0.104 e. The van der Waals surface area contributed by atoms with Crippen molar-refractivity contribution in [2.45, 2.75) is 13.5 Å². The molecule has 1 heterocycles. The predicted molar refractivity (Wildman–Crippen MR) is 61.6 cm³/mol. The minimum Gasteiger partial charge on any atom is -0.342 e. The third-order valence-corrected chi connectivity index (χ3v) is 2.31. The average Bonchev–Trinajstić information content (AvgIpc) is 2.57. The van der Waals surface area contributed by atoms with Gasteiger partial charge in [-0.15, -0.1) is 0 Å². The van der Waals surface area contributed by atoms with Gasteiger partial charge in [0.25, 0.3) is 0 Å². The summed E-state index contributed by atoms with van der Waals surface area (Å²) in [5, 5.41) is 3.26. The van der Waals surface area contributed by atoms with Crippen LogP contribution in [0.1, 0.15) is 11.4 Å². The monoisotopic (exact) mass is 204 g/mol. The Kier molecular flexibility index (Phi) is 2.99. The van der Waals surface area contributed by atoms with Crippen LogP contribution >= 0.6 is 0 Å². The van der Waals surface area contributed by atoms with Crippen LogP contribution in [-0.4, -0.2) is 23.1 Å². The number of nitrogens with one attached hydrogen (secondary N) is 2. The van der Waals surface area contributed by atoms with E-state index in [1.165, 1.54) is 5.56 Å². The molecule has 0 fully saturated rings. The maximum atomic E-state index is 5.41. The third-order valence-electron chi connectivity index (χ3n) is 2.31. The Morgan fingerprint density at radius 1 is 1.47 bits per heavy atom. The minimum absolute atomic E-state index is 0.672. The van der Waals surface area contributed by atoms with Gasteiger partial charge in [0.05, 0.1) is 11.0 Å². The molecule has 4 heteroatoms. The fourth-order valence-electron chi connectivity index (χ4n) is 1.63. The van der Waals surface area contributed by atoms with Gasteiger partial charge in [-0.25, -0.2) is 4.98 Å². The van der Waals surface area contributed by atoms with Crippen LogP contribution in [-0.2, 0) is 6.54 Å². The molecule has 80 valence electrons. The summed E-state index contributed by atoms with van der Waals surface area (Å²) in [6.45, 7) is 4.34. The second-order valence-corrected chi connectivity index (χ2v) is 3.64. The first-order chi connectivity index (χ1) is 7.29. The molecular weight excluding hydrogens is 188 g/mol. The molecule has 0 amide bonds. The van der Waals surface area contributed by atoms with E-state index in [1.807, 2.05) is 13.0 Å². The van der Waals surface area contributed by atoms with Gasteiger partial charge in [-0.3, -0.25) is 0 Å². The van der Waals surface area contributed by atoms with Crippen molar-refractivity contribution in [2.75, 3.05) is 13.1 Å². The number of aryl methyl sites for hydroxylation is 1. The van der Waals surface area contributed by atoms with Crippen molar-refractivity contribution < 1.29 is 0 Å². The first kappa shape index (κ1) is 10.1. The molecule has 0 spiro atoms. The van der Waals surface area contributed by atoms with E-state index in [2.05, 4.69) is 27.4 Å². The smallest absolute Gasteiger partial charge is 0.104 e. The second kappa shape index (κ2) is 4.42. The molecule has 0 aliphatic rings. The van der Waals surface area contributed by atoms with Gasteiger partial charge in [0.1, 0.15) is 5.82 Å². The zero-order valence-corrected chi connectivity index (χ0v) is 8.88. The van der Waals surface area contributed by atoms with Crippen molar-refractivity contribution in [3.8, 4) is 0 Å². The van der Waals surface area contributed by atoms with Gasteiger partial charge in [-0.05, 0) is 24.6 Å². The molecule has 0 aliphatic carbocycles. The number of nitrogens with two attached hydrogens (primary N) is 1. The molecule has 1 aromatic heterocycles. The standard InChI is InChI=1S/C11H16N4/c1-8-14-10-3-2-9(6-11(10)15-8)7-13-5-4-12/h2-3,6,13H,4-5,7,12H2,1H3,(H,14,15). The number of benzene rings is 1. The number of H-pyrrole nitrogens is 1. The van der Waals surface area contributed by atoms with Crippen molar-refractivity contribution in [1.29, 1.82) is 0 Å². The Morgan fingerprint density at radius 3 is 3.13 bits per heavy atom. The Hall–Kier alpha value is -1.39. The lowest BCUT2D eigenvalue weighted by molar-refractivity contribution is 0.695. The van der Waals surface area contributed by atoms with E-state index < -0.39 is 0 Å². The Labute approximate surface area is 88.9 Å². The van der Waals surface area contributed by atoms with Crippen molar-refractivity contribution in [3.05, 3.63) is 29.6 Å². The van der Waals surface area contributed by atoms with Gasteiger partial charge in [-0.1, -0.05) is 6.07 Å². The van der Waals surface area contributed by atoms with Gasteiger partial charge < -0.3 is 16.0 Å². The molecule has 0 bridgehead atoms. The summed E-state index contributed by atoms with van der Waals surface area (Å²) in [6.07, 6.45) is 0. The summed E-state index contributed by atoms with van der Waals surface area (Å²) in [5.74, 6) is 0.956. The Morgan fingerprint density at radius 2 is 2.33 bits per heavy atom. The highest BCUT2D eigenvalue weighted by molar-refractivity contribution is 5.75. The van der Waals surface area contributed by atoms with E-state index in [4.69, 9.17) is 5.73 Å². The second-order valence-electron chi connectivity index (χ2n) is 3.64. The maximum absolute atomic E-state index is 5.41. The van der Waals surface area contributed by atoms with E-state index in [9.17, 15) is 0 Å². The lowest BCUT2D eigenvalue weighted by Gasteiger charge is -2.02. The van der Waals surface area contributed by atoms with Crippen LogP contribution in [0.3, 0.4) is 0 Å². The molecule has 1 aromatic carbocycles. The van der Waals surface area contributed by atoms with Crippen LogP contribution in [0.2, 0.25) is 0 Å². The molecule has 0 radical (unpaired) electrons. The first-order valence-electron chi connectivity index (χ1n) is 5.15. The van der Waals surface area contributed by atoms with E-state index in [0.717, 1.165) is 29.9 Å². The Bertz CT molecular complexity index is 447. The minimum atomic E-state index is 0.672. The quantitative estimate of drug-likeness (QED) is 0.649. The molecule has 2 aromatic rings. The highest BCUT2D eigenvalue weighted by Gasteiger charge is 2.00. The summed E-state index contributed by atoms with van der Waals surface area (Å²) in [7, 11) is 0. The molecule has 4 N–H and O–H groups in total. The van der Waals surface area contributed by atoms with Crippen molar-refractivity contribution in [2.24, 2.45) is 5.73 Å². The van der Waals surface area contributed by atoms with Crippen LogP contribution in [0.25, 0.3) is 11.0 Å². The summed E-state index contributed by atoms with van der Waals surface area (Å²) < 4.78 is 0. The number of imidazole rings is 1. The van der Waals surface area contributed by atoms with Gasteiger partial charge in [0.15, 0.2) is 0 Å². The Balaban J connectivity index is 2.15. The number of fused-ring (bicyclic) bond motifs is 1. The fourth-order valence-corrected chi connectivity index (χ4v) is 1.63. The van der Waals surface area contributed by atoms with Gasteiger partial charge in [-0.2, -0.15) is 0 Å². The highest BCUT2D eigenvalue weighted by atomic mass is 14.9. The van der Waals surface area contributed by atoms with Crippen molar-refractivity contribution >= 4 is 11.0 Å². The predicted octanol–water partition coefficient (Wildman–Crippen LogP) is 0.920. The molecule has 15 heavy (non-hydrogen) atoms. The molecular formula is C11H16N4.